The Morgan fingerprint density at radius 2 is 1.79 bits per heavy atom. The third kappa shape index (κ3) is 3.96. The molecule has 0 saturated carbocycles. The monoisotopic (exact) mass is 354 g/mol. The van der Waals surface area contributed by atoms with Gasteiger partial charge in [0.15, 0.2) is 0 Å². The van der Waals surface area contributed by atoms with Gasteiger partial charge in [0, 0.05) is 31.7 Å². The molecule has 1 heterocycles. The van der Waals surface area contributed by atoms with Crippen molar-refractivity contribution in [2.24, 2.45) is 0 Å². The lowest BCUT2D eigenvalue weighted by molar-refractivity contribution is -0.0586. The van der Waals surface area contributed by atoms with Gasteiger partial charge < -0.3 is 9.64 Å². The lowest BCUT2D eigenvalue weighted by atomic mass is 10.1. The lowest BCUT2D eigenvalue weighted by Crippen LogP contribution is -2.48. The zero-order valence-electron chi connectivity index (χ0n) is 14.7. The van der Waals surface area contributed by atoms with Crippen LogP contribution in [0.3, 0.4) is 0 Å². The fraction of sp³-hybridized carbons (Fsp3) is 0.588. The average Bonchev–Trinajstić information content (AvgIpc) is 2.54. The number of hydrogen-bond donors (Lipinski definition) is 0. The molecule has 0 aromatic heterocycles. The quantitative estimate of drug-likeness (QED) is 0.811. The Balaban J connectivity index is 2.28. The van der Waals surface area contributed by atoms with Crippen molar-refractivity contribution in [3.63, 3.8) is 0 Å². The van der Waals surface area contributed by atoms with E-state index in [0.29, 0.717) is 31.7 Å². The minimum absolute atomic E-state index is 0.0275. The summed E-state index contributed by atoms with van der Waals surface area (Å²) in [7, 11) is -3.57. The van der Waals surface area contributed by atoms with E-state index in [2.05, 4.69) is 0 Å². The van der Waals surface area contributed by atoms with Crippen molar-refractivity contribution in [3.05, 3.63) is 29.8 Å². The molecule has 0 radical (unpaired) electrons. The first-order valence-electron chi connectivity index (χ1n) is 8.34. The second kappa shape index (κ2) is 7.63. The number of carbonyl (C=O) groups is 1. The van der Waals surface area contributed by atoms with Gasteiger partial charge in [0.05, 0.1) is 17.1 Å². The SMILES string of the molecule is CCN(CC)S(=O)(=O)c1cccc(C(=O)N2CC(C)OC(C)C2)c1. The highest BCUT2D eigenvalue weighted by atomic mass is 32.2. The molecule has 0 spiro atoms. The van der Waals surface area contributed by atoms with E-state index in [9.17, 15) is 13.2 Å². The number of hydrogen-bond acceptors (Lipinski definition) is 4. The third-order valence-electron chi connectivity index (χ3n) is 4.13. The van der Waals surface area contributed by atoms with Crippen molar-refractivity contribution >= 4 is 15.9 Å². The molecule has 7 heteroatoms. The molecule has 1 aliphatic rings. The highest BCUT2D eigenvalue weighted by molar-refractivity contribution is 7.89. The number of nitrogens with zero attached hydrogens (tertiary/aromatic N) is 2. The summed E-state index contributed by atoms with van der Waals surface area (Å²) in [6, 6.07) is 6.29. The average molecular weight is 354 g/mol. The van der Waals surface area contributed by atoms with Crippen LogP contribution in [0.2, 0.25) is 0 Å². The maximum absolute atomic E-state index is 12.7. The largest absolute Gasteiger partial charge is 0.372 e. The minimum Gasteiger partial charge on any atom is -0.372 e. The fourth-order valence-electron chi connectivity index (χ4n) is 3.03. The fourth-order valence-corrected chi connectivity index (χ4v) is 4.53. The Bertz CT molecular complexity index is 676. The molecular formula is C17H26N2O4S. The van der Waals surface area contributed by atoms with Crippen molar-refractivity contribution in [2.45, 2.75) is 44.8 Å². The van der Waals surface area contributed by atoms with Crippen LogP contribution in [-0.4, -0.2) is 61.9 Å². The van der Waals surface area contributed by atoms with Crippen LogP contribution < -0.4 is 0 Å². The Hall–Kier alpha value is -1.44. The normalized spacial score (nSPS) is 22.0. The first-order chi connectivity index (χ1) is 11.3. The molecular weight excluding hydrogens is 328 g/mol. The topological polar surface area (TPSA) is 66.9 Å². The van der Waals surface area contributed by atoms with E-state index >= 15 is 0 Å². The molecule has 2 atom stereocenters. The van der Waals surface area contributed by atoms with Crippen LogP contribution in [0.15, 0.2) is 29.2 Å². The van der Waals surface area contributed by atoms with Crippen molar-refractivity contribution in [2.75, 3.05) is 26.2 Å². The summed E-state index contributed by atoms with van der Waals surface area (Å²) in [5.74, 6) is -0.159. The van der Waals surface area contributed by atoms with Gasteiger partial charge in [0.1, 0.15) is 0 Å². The van der Waals surface area contributed by atoms with E-state index in [0.717, 1.165) is 0 Å². The summed E-state index contributed by atoms with van der Waals surface area (Å²) >= 11 is 0. The number of ether oxygens (including phenoxy) is 1. The Labute approximate surface area is 144 Å². The molecule has 2 unspecified atom stereocenters. The van der Waals surface area contributed by atoms with Crippen LogP contribution in [-0.2, 0) is 14.8 Å². The van der Waals surface area contributed by atoms with Gasteiger partial charge >= 0.3 is 0 Å². The molecule has 6 nitrogen and oxygen atoms in total. The predicted octanol–water partition coefficient (Wildman–Crippen LogP) is 1.97. The van der Waals surface area contributed by atoms with Crippen molar-refractivity contribution in [1.29, 1.82) is 0 Å². The number of morpholine rings is 1. The second-order valence-electron chi connectivity index (χ2n) is 6.08. The predicted molar refractivity (Wildman–Crippen MR) is 92.5 cm³/mol. The van der Waals surface area contributed by atoms with Crippen LogP contribution in [0.1, 0.15) is 38.1 Å². The summed E-state index contributed by atoms with van der Waals surface area (Å²) < 4.78 is 32.3. The first-order valence-corrected chi connectivity index (χ1v) is 9.78. The van der Waals surface area contributed by atoms with Crippen molar-refractivity contribution in [3.8, 4) is 0 Å². The molecule has 1 amide bonds. The van der Waals surface area contributed by atoms with Crippen LogP contribution in [0, 0.1) is 0 Å². The van der Waals surface area contributed by atoms with Gasteiger partial charge in [0.2, 0.25) is 10.0 Å². The molecule has 2 rings (SSSR count). The number of rotatable bonds is 5. The van der Waals surface area contributed by atoms with Gasteiger partial charge in [0.25, 0.3) is 5.91 Å². The van der Waals surface area contributed by atoms with E-state index in [1.807, 2.05) is 13.8 Å². The molecule has 0 N–H and O–H groups in total. The second-order valence-corrected chi connectivity index (χ2v) is 8.02. The third-order valence-corrected chi connectivity index (χ3v) is 6.18. The van der Waals surface area contributed by atoms with Gasteiger partial charge in [-0.25, -0.2) is 8.42 Å². The van der Waals surface area contributed by atoms with E-state index in [-0.39, 0.29) is 23.0 Å². The number of carbonyl (C=O) groups excluding carboxylic acids is 1. The van der Waals surface area contributed by atoms with E-state index < -0.39 is 10.0 Å². The molecule has 1 aliphatic heterocycles. The Kier molecular flexibility index (Phi) is 6.01. The summed E-state index contributed by atoms with van der Waals surface area (Å²) in [6.45, 7) is 9.27. The molecule has 0 aliphatic carbocycles. The van der Waals surface area contributed by atoms with Crippen molar-refractivity contribution < 1.29 is 17.9 Å². The summed E-state index contributed by atoms with van der Waals surface area (Å²) in [5.41, 5.74) is 0.393. The molecule has 1 saturated heterocycles. The zero-order valence-corrected chi connectivity index (χ0v) is 15.5. The van der Waals surface area contributed by atoms with E-state index in [1.165, 1.54) is 16.4 Å². The van der Waals surface area contributed by atoms with Gasteiger partial charge in [-0.15, -0.1) is 0 Å². The van der Waals surface area contributed by atoms with Gasteiger partial charge in [-0.2, -0.15) is 4.31 Å². The van der Waals surface area contributed by atoms with Crippen LogP contribution in [0.25, 0.3) is 0 Å². The number of sulfonamides is 1. The van der Waals surface area contributed by atoms with Gasteiger partial charge in [-0.3, -0.25) is 4.79 Å². The van der Waals surface area contributed by atoms with Gasteiger partial charge in [-0.1, -0.05) is 19.9 Å². The van der Waals surface area contributed by atoms with Crippen LogP contribution in [0.4, 0.5) is 0 Å². The summed E-state index contributed by atoms with van der Waals surface area (Å²) in [5, 5.41) is 0. The molecule has 1 fully saturated rings. The van der Waals surface area contributed by atoms with Crippen molar-refractivity contribution in [1.82, 2.24) is 9.21 Å². The summed E-state index contributed by atoms with van der Waals surface area (Å²) in [4.78, 5) is 14.6. The highest BCUT2D eigenvalue weighted by Gasteiger charge is 2.28. The smallest absolute Gasteiger partial charge is 0.254 e. The Morgan fingerprint density at radius 3 is 2.33 bits per heavy atom. The van der Waals surface area contributed by atoms with E-state index in [4.69, 9.17) is 4.74 Å². The first kappa shape index (κ1) is 18.9. The Morgan fingerprint density at radius 1 is 1.21 bits per heavy atom. The van der Waals surface area contributed by atoms with Crippen LogP contribution >= 0.6 is 0 Å². The lowest BCUT2D eigenvalue weighted by Gasteiger charge is -2.35. The zero-order chi connectivity index (χ0) is 17.9. The molecule has 24 heavy (non-hydrogen) atoms. The standard InChI is InChI=1S/C17H26N2O4S/c1-5-19(6-2)24(21,22)16-9-7-8-15(10-16)17(20)18-11-13(3)23-14(4)12-18/h7-10,13-14H,5-6,11-12H2,1-4H3. The van der Waals surface area contributed by atoms with E-state index in [1.54, 1.807) is 30.9 Å². The van der Waals surface area contributed by atoms with Crippen LogP contribution in [0.5, 0.6) is 0 Å². The molecule has 134 valence electrons. The maximum Gasteiger partial charge on any atom is 0.254 e. The molecule has 1 aromatic carbocycles. The molecule has 0 bridgehead atoms. The summed E-state index contributed by atoms with van der Waals surface area (Å²) in [6.07, 6.45) is -0.0550. The number of amides is 1. The molecule has 1 aromatic rings. The number of benzene rings is 1. The van der Waals surface area contributed by atoms with Gasteiger partial charge in [-0.05, 0) is 32.0 Å². The maximum atomic E-state index is 12.7. The highest BCUT2D eigenvalue weighted by Crippen LogP contribution is 2.19. The minimum atomic E-state index is -3.57.